The molecule has 1 aliphatic carbocycles. The second-order valence-corrected chi connectivity index (χ2v) is 3.64. The molecule has 1 aliphatic rings. The van der Waals surface area contributed by atoms with E-state index < -0.39 is 0 Å². The van der Waals surface area contributed by atoms with Crippen molar-refractivity contribution in [3.8, 4) is 5.75 Å². The molecule has 0 N–H and O–H groups in total. The Labute approximate surface area is 78.9 Å². The Morgan fingerprint density at radius 2 is 2.31 bits per heavy atom. The van der Waals surface area contributed by atoms with E-state index in [0.29, 0.717) is 0 Å². The van der Waals surface area contributed by atoms with Crippen LogP contribution in [0.1, 0.15) is 25.3 Å². The Bertz CT molecular complexity index is 281. The summed E-state index contributed by atoms with van der Waals surface area (Å²) in [6.45, 7) is 3.00. The molecule has 0 radical (unpaired) electrons. The second-order valence-electron chi connectivity index (χ2n) is 3.64. The van der Waals surface area contributed by atoms with Gasteiger partial charge in [0.05, 0.1) is 12.8 Å². The summed E-state index contributed by atoms with van der Waals surface area (Å²) in [7, 11) is 0. The highest BCUT2D eigenvalue weighted by molar-refractivity contribution is 5.23. The SMILES string of the molecule is CCc1cncc(OCC2CC2)c1. The van der Waals surface area contributed by atoms with Crippen LogP contribution in [0.2, 0.25) is 0 Å². The zero-order chi connectivity index (χ0) is 9.10. The lowest BCUT2D eigenvalue weighted by molar-refractivity contribution is 0.298. The average molecular weight is 177 g/mol. The lowest BCUT2D eigenvalue weighted by atomic mass is 10.2. The smallest absolute Gasteiger partial charge is 0.137 e. The predicted octanol–water partition coefficient (Wildman–Crippen LogP) is 2.43. The number of hydrogen-bond donors (Lipinski definition) is 0. The number of rotatable bonds is 4. The highest BCUT2D eigenvalue weighted by Crippen LogP contribution is 2.29. The number of aromatic nitrogens is 1. The van der Waals surface area contributed by atoms with E-state index in [2.05, 4.69) is 18.0 Å². The number of ether oxygens (including phenoxy) is 1. The minimum absolute atomic E-state index is 0.810. The molecule has 0 amide bonds. The van der Waals surface area contributed by atoms with Crippen molar-refractivity contribution in [2.75, 3.05) is 6.61 Å². The van der Waals surface area contributed by atoms with Crippen molar-refractivity contribution in [3.63, 3.8) is 0 Å². The summed E-state index contributed by atoms with van der Waals surface area (Å²) in [6, 6.07) is 2.08. The molecule has 1 aromatic heterocycles. The fourth-order valence-electron chi connectivity index (χ4n) is 1.23. The van der Waals surface area contributed by atoms with Crippen LogP contribution >= 0.6 is 0 Å². The van der Waals surface area contributed by atoms with Crippen LogP contribution in [0.5, 0.6) is 5.75 Å². The van der Waals surface area contributed by atoms with Gasteiger partial charge in [-0.15, -0.1) is 0 Å². The minimum Gasteiger partial charge on any atom is -0.492 e. The molecule has 2 rings (SSSR count). The molecular weight excluding hydrogens is 162 g/mol. The minimum atomic E-state index is 0.810. The molecule has 0 spiro atoms. The standard InChI is InChI=1S/C11H15NO/c1-2-9-5-11(7-12-6-9)13-8-10-3-4-10/h5-7,10H,2-4,8H2,1H3. The molecule has 0 aliphatic heterocycles. The van der Waals surface area contributed by atoms with Gasteiger partial charge < -0.3 is 4.74 Å². The maximum atomic E-state index is 5.61. The van der Waals surface area contributed by atoms with Gasteiger partial charge in [-0.2, -0.15) is 0 Å². The first-order valence-electron chi connectivity index (χ1n) is 4.95. The number of hydrogen-bond acceptors (Lipinski definition) is 2. The van der Waals surface area contributed by atoms with Gasteiger partial charge in [-0.05, 0) is 36.8 Å². The van der Waals surface area contributed by atoms with E-state index >= 15 is 0 Å². The number of aryl methyl sites for hydroxylation is 1. The Hall–Kier alpha value is -1.05. The normalized spacial score (nSPS) is 15.8. The average Bonchev–Trinajstić information content (AvgIpc) is 2.99. The summed E-state index contributed by atoms with van der Waals surface area (Å²) < 4.78 is 5.61. The summed E-state index contributed by atoms with van der Waals surface area (Å²) in [5.41, 5.74) is 1.24. The predicted molar refractivity (Wildman–Crippen MR) is 51.8 cm³/mol. The molecule has 1 aromatic rings. The Balaban J connectivity index is 1.93. The van der Waals surface area contributed by atoms with Crippen molar-refractivity contribution >= 4 is 0 Å². The van der Waals surface area contributed by atoms with E-state index in [1.807, 2.05) is 6.20 Å². The largest absolute Gasteiger partial charge is 0.492 e. The summed E-state index contributed by atoms with van der Waals surface area (Å²) in [6.07, 6.45) is 7.38. The van der Waals surface area contributed by atoms with E-state index in [0.717, 1.165) is 24.7 Å². The van der Waals surface area contributed by atoms with E-state index in [1.54, 1.807) is 6.20 Å². The molecule has 0 bridgehead atoms. The molecule has 0 unspecified atom stereocenters. The molecule has 1 heterocycles. The molecule has 2 nitrogen and oxygen atoms in total. The van der Waals surface area contributed by atoms with Gasteiger partial charge in [-0.3, -0.25) is 4.98 Å². The van der Waals surface area contributed by atoms with Crippen molar-refractivity contribution < 1.29 is 4.74 Å². The fraction of sp³-hybridized carbons (Fsp3) is 0.545. The second kappa shape index (κ2) is 3.77. The zero-order valence-electron chi connectivity index (χ0n) is 7.99. The van der Waals surface area contributed by atoms with Crippen molar-refractivity contribution in [2.24, 2.45) is 5.92 Å². The van der Waals surface area contributed by atoms with Crippen LogP contribution in [0, 0.1) is 5.92 Å². The number of nitrogens with zero attached hydrogens (tertiary/aromatic N) is 1. The van der Waals surface area contributed by atoms with Gasteiger partial charge in [0.2, 0.25) is 0 Å². The molecule has 0 saturated heterocycles. The molecule has 1 saturated carbocycles. The molecule has 0 aromatic carbocycles. The maximum absolute atomic E-state index is 5.61. The first-order valence-corrected chi connectivity index (χ1v) is 4.95. The molecular formula is C11H15NO. The Morgan fingerprint density at radius 1 is 1.46 bits per heavy atom. The van der Waals surface area contributed by atoms with Crippen LogP contribution in [-0.2, 0) is 6.42 Å². The van der Waals surface area contributed by atoms with Gasteiger partial charge in [0.15, 0.2) is 0 Å². The third kappa shape index (κ3) is 2.44. The monoisotopic (exact) mass is 177 g/mol. The van der Waals surface area contributed by atoms with Crippen LogP contribution in [-0.4, -0.2) is 11.6 Å². The molecule has 2 heteroatoms. The van der Waals surface area contributed by atoms with Gasteiger partial charge in [0, 0.05) is 6.20 Å². The summed E-state index contributed by atoms with van der Waals surface area (Å²) in [5.74, 6) is 1.73. The summed E-state index contributed by atoms with van der Waals surface area (Å²) in [4.78, 5) is 4.13. The highest BCUT2D eigenvalue weighted by Gasteiger charge is 2.21. The van der Waals surface area contributed by atoms with Gasteiger partial charge in [0.1, 0.15) is 5.75 Å². The Morgan fingerprint density at radius 3 is 3.00 bits per heavy atom. The zero-order valence-corrected chi connectivity index (χ0v) is 7.99. The molecule has 13 heavy (non-hydrogen) atoms. The van der Waals surface area contributed by atoms with Gasteiger partial charge >= 0.3 is 0 Å². The van der Waals surface area contributed by atoms with Gasteiger partial charge in [-0.1, -0.05) is 6.92 Å². The third-order valence-corrected chi connectivity index (χ3v) is 2.36. The molecule has 70 valence electrons. The van der Waals surface area contributed by atoms with E-state index in [9.17, 15) is 0 Å². The van der Waals surface area contributed by atoms with Crippen LogP contribution in [0.4, 0.5) is 0 Å². The van der Waals surface area contributed by atoms with Crippen LogP contribution in [0.15, 0.2) is 18.5 Å². The fourth-order valence-corrected chi connectivity index (χ4v) is 1.23. The first kappa shape index (κ1) is 8.54. The Kier molecular flexibility index (Phi) is 2.48. The van der Waals surface area contributed by atoms with Gasteiger partial charge in [-0.25, -0.2) is 0 Å². The van der Waals surface area contributed by atoms with Crippen molar-refractivity contribution in [1.29, 1.82) is 0 Å². The maximum Gasteiger partial charge on any atom is 0.137 e. The lowest BCUT2D eigenvalue weighted by Crippen LogP contribution is -1.99. The van der Waals surface area contributed by atoms with Crippen LogP contribution in [0.3, 0.4) is 0 Å². The van der Waals surface area contributed by atoms with Crippen molar-refractivity contribution in [3.05, 3.63) is 24.0 Å². The van der Waals surface area contributed by atoms with E-state index in [-0.39, 0.29) is 0 Å². The quantitative estimate of drug-likeness (QED) is 0.704. The van der Waals surface area contributed by atoms with E-state index in [1.165, 1.54) is 18.4 Å². The topological polar surface area (TPSA) is 22.1 Å². The first-order chi connectivity index (χ1) is 6.38. The van der Waals surface area contributed by atoms with Crippen molar-refractivity contribution in [1.82, 2.24) is 4.98 Å². The molecule has 1 fully saturated rings. The van der Waals surface area contributed by atoms with Crippen molar-refractivity contribution in [2.45, 2.75) is 26.2 Å². The van der Waals surface area contributed by atoms with E-state index in [4.69, 9.17) is 4.74 Å². The van der Waals surface area contributed by atoms with Gasteiger partial charge in [0.25, 0.3) is 0 Å². The van der Waals surface area contributed by atoms with Crippen LogP contribution in [0.25, 0.3) is 0 Å². The summed E-state index contributed by atoms with van der Waals surface area (Å²) >= 11 is 0. The third-order valence-electron chi connectivity index (χ3n) is 2.36. The lowest BCUT2D eigenvalue weighted by Gasteiger charge is -2.05. The summed E-state index contributed by atoms with van der Waals surface area (Å²) in [5, 5.41) is 0. The van der Waals surface area contributed by atoms with Crippen LogP contribution < -0.4 is 4.74 Å². The molecule has 0 atom stereocenters. The highest BCUT2D eigenvalue weighted by atomic mass is 16.5. The number of pyridine rings is 1.